The summed E-state index contributed by atoms with van der Waals surface area (Å²) in [6.45, 7) is 7.48. The van der Waals surface area contributed by atoms with Gasteiger partial charge in [-0.2, -0.15) is 0 Å². The summed E-state index contributed by atoms with van der Waals surface area (Å²) in [5, 5.41) is 0. The summed E-state index contributed by atoms with van der Waals surface area (Å²) in [7, 11) is 0. The van der Waals surface area contributed by atoms with Gasteiger partial charge in [-0.15, -0.1) is 0 Å². The quantitative estimate of drug-likeness (QED) is 0.856. The topological polar surface area (TPSA) is 41.7 Å². The summed E-state index contributed by atoms with van der Waals surface area (Å²) >= 11 is 0. The van der Waals surface area contributed by atoms with E-state index in [4.69, 9.17) is 10.5 Å². The van der Waals surface area contributed by atoms with E-state index >= 15 is 0 Å². The largest absolute Gasteiger partial charge is 0.494 e. The number of hydrogen-bond acceptors (Lipinski definition) is 4. The third-order valence-electron chi connectivity index (χ3n) is 4.41. The van der Waals surface area contributed by atoms with Crippen molar-refractivity contribution >= 4 is 11.4 Å². The summed E-state index contributed by atoms with van der Waals surface area (Å²) in [6, 6.07) is 6.80. The Kier molecular flexibility index (Phi) is 4.01. The molecule has 0 amide bonds. The minimum atomic E-state index is 0.680. The highest BCUT2D eigenvalue weighted by Crippen LogP contribution is 2.30. The van der Waals surface area contributed by atoms with E-state index in [1.54, 1.807) is 0 Å². The molecule has 0 aromatic heterocycles. The number of ether oxygens (including phenoxy) is 1. The smallest absolute Gasteiger partial charge is 0.123 e. The fraction of sp³-hybridized carbons (Fsp3) is 0.625. The maximum absolute atomic E-state index is 6.00. The molecule has 2 aliphatic rings. The first-order chi connectivity index (χ1) is 9.76. The SMILES string of the molecule is CCOc1cc(N)cc(N2CCC(N3CCCC3)C2)c1. The van der Waals surface area contributed by atoms with Crippen LogP contribution in [-0.2, 0) is 0 Å². The summed E-state index contributed by atoms with van der Waals surface area (Å²) in [5.74, 6) is 0.882. The molecule has 1 aromatic carbocycles. The molecule has 4 nitrogen and oxygen atoms in total. The highest BCUT2D eigenvalue weighted by molar-refractivity contribution is 5.61. The minimum Gasteiger partial charge on any atom is -0.494 e. The molecule has 0 aliphatic carbocycles. The molecule has 110 valence electrons. The Morgan fingerprint density at radius 2 is 2.00 bits per heavy atom. The van der Waals surface area contributed by atoms with Crippen molar-refractivity contribution in [3.05, 3.63) is 18.2 Å². The van der Waals surface area contributed by atoms with E-state index in [0.717, 1.165) is 30.6 Å². The van der Waals surface area contributed by atoms with E-state index < -0.39 is 0 Å². The molecule has 1 aromatic rings. The molecule has 1 atom stereocenters. The molecule has 2 heterocycles. The number of hydrogen-bond donors (Lipinski definition) is 1. The van der Waals surface area contributed by atoms with E-state index in [0.29, 0.717) is 6.61 Å². The average Bonchev–Trinajstić information content (AvgIpc) is 3.10. The van der Waals surface area contributed by atoms with Gasteiger partial charge in [0.25, 0.3) is 0 Å². The Hall–Kier alpha value is -1.42. The molecule has 2 fully saturated rings. The molecule has 0 radical (unpaired) electrons. The van der Waals surface area contributed by atoms with Gasteiger partial charge in [0.2, 0.25) is 0 Å². The predicted octanol–water partition coefficient (Wildman–Crippen LogP) is 2.34. The Bertz CT molecular complexity index is 457. The van der Waals surface area contributed by atoms with Crippen molar-refractivity contribution in [1.29, 1.82) is 0 Å². The molecule has 20 heavy (non-hydrogen) atoms. The molecular weight excluding hydrogens is 250 g/mol. The second kappa shape index (κ2) is 5.92. The molecule has 2 aliphatic heterocycles. The minimum absolute atomic E-state index is 0.680. The van der Waals surface area contributed by atoms with Crippen LogP contribution in [0.25, 0.3) is 0 Å². The third kappa shape index (κ3) is 2.85. The van der Waals surface area contributed by atoms with Gasteiger partial charge in [-0.3, -0.25) is 4.90 Å². The van der Waals surface area contributed by atoms with Crippen molar-refractivity contribution in [3.63, 3.8) is 0 Å². The number of likely N-dealkylation sites (tertiary alicyclic amines) is 1. The Labute approximate surface area is 121 Å². The molecule has 0 spiro atoms. The molecule has 1 unspecified atom stereocenters. The van der Waals surface area contributed by atoms with Crippen molar-refractivity contribution in [2.24, 2.45) is 0 Å². The monoisotopic (exact) mass is 275 g/mol. The Morgan fingerprint density at radius 1 is 1.20 bits per heavy atom. The standard InChI is InChI=1S/C16H25N3O/c1-2-20-16-10-13(17)9-15(11-16)19-8-5-14(12-19)18-6-3-4-7-18/h9-11,14H,2-8,12,17H2,1H3. The van der Waals surface area contributed by atoms with Crippen LogP contribution in [0.4, 0.5) is 11.4 Å². The lowest BCUT2D eigenvalue weighted by Gasteiger charge is -2.25. The third-order valence-corrected chi connectivity index (χ3v) is 4.41. The van der Waals surface area contributed by atoms with E-state index in [9.17, 15) is 0 Å². The molecule has 3 rings (SSSR count). The van der Waals surface area contributed by atoms with Crippen LogP contribution >= 0.6 is 0 Å². The van der Waals surface area contributed by atoms with Crippen molar-refractivity contribution < 1.29 is 4.74 Å². The number of nitrogens with two attached hydrogens (primary N) is 1. The zero-order valence-corrected chi connectivity index (χ0v) is 12.3. The number of nitrogens with zero attached hydrogens (tertiary/aromatic N) is 2. The van der Waals surface area contributed by atoms with Gasteiger partial charge >= 0.3 is 0 Å². The van der Waals surface area contributed by atoms with Crippen LogP contribution in [0.15, 0.2) is 18.2 Å². The van der Waals surface area contributed by atoms with E-state index in [2.05, 4.69) is 21.9 Å². The number of anilines is 2. The number of rotatable bonds is 4. The Balaban J connectivity index is 1.70. The number of nitrogen functional groups attached to an aromatic ring is 1. The van der Waals surface area contributed by atoms with Crippen molar-refractivity contribution in [3.8, 4) is 5.75 Å². The van der Waals surface area contributed by atoms with Gasteiger partial charge < -0.3 is 15.4 Å². The van der Waals surface area contributed by atoms with Gasteiger partial charge in [0.15, 0.2) is 0 Å². The first-order valence-electron chi connectivity index (χ1n) is 7.78. The van der Waals surface area contributed by atoms with Crippen molar-refractivity contribution in [1.82, 2.24) is 4.90 Å². The lowest BCUT2D eigenvalue weighted by atomic mass is 10.2. The zero-order valence-electron chi connectivity index (χ0n) is 12.3. The van der Waals surface area contributed by atoms with Crippen LogP contribution in [0.1, 0.15) is 26.2 Å². The normalized spacial score (nSPS) is 23.4. The van der Waals surface area contributed by atoms with Crippen LogP contribution in [0.3, 0.4) is 0 Å². The average molecular weight is 275 g/mol. The van der Waals surface area contributed by atoms with Crippen LogP contribution in [-0.4, -0.2) is 43.7 Å². The second-order valence-corrected chi connectivity index (χ2v) is 5.82. The number of benzene rings is 1. The molecule has 4 heteroatoms. The summed E-state index contributed by atoms with van der Waals surface area (Å²) in [6.07, 6.45) is 3.99. The van der Waals surface area contributed by atoms with Gasteiger partial charge in [-0.05, 0) is 45.3 Å². The molecule has 2 N–H and O–H groups in total. The summed E-state index contributed by atoms with van der Waals surface area (Å²) in [4.78, 5) is 5.09. The maximum Gasteiger partial charge on any atom is 0.123 e. The van der Waals surface area contributed by atoms with Gasteiger partial charge in [-0.25, -0.2) is 0 Å². The van der Waals surface area contributed by atoms with Crippen LogP contribution in [0.2, 0.25) is 0 Å². The maximum atomic E-state index is 6.00. The van der Waals surface area contributed by atoms with E-state index in [1.165, 1.54) is 38.0 Å². The zero-order chi connectivity index (χ0) is 13.9. The second-order valence-electron chi connectivity index (χ2n) is 5.82. The summed E-state index contributed by atoms with van der Waals surface area (Å²) in [5.41, 5.74) is 7.99. The lowest BCUT2D eigenvalue weighted by Crippen LogP contribution is -2.35. The van der Waals surface area contributed by atoms with Gasteiger partial charge in [-0.1, -0.05) is 0 Å². The predicted molar refractivity (Wildman–Crippen MR) is 83.4 cm³/mol. The first-order valence-corrected chi connectivity index (χ1v) is 7.78. The molecule has 2 saturated heterocycles. The van der Waals surface area contributed by atoms with Gasteiger partial charge in [0, 0.05) is 42.6 Å². The van der Waals surface area contributed by atoms with Crippen molar-refractivity contribution in [2.45, 2.75) is 32.2 Å². The van der Waals surface area contributed by atoms with E-state index in [-0.39, 0.29) is 0 Å². The van der Waals surface area contributed by atoms with E-state index in [1.807, 2.05) is 13.0 Å². The Morgan fingerprint density at radius 3 is 2.75 bits per heavy atom. The molecule has 0 bridgehead atoms. The lowest BCUT2D eigenvalue weighted by molar-refractivity contribution is 0.260. The molecule has 0 saturated carbocycles. The van der Waals surface area contributed by atoms with Gasteiger partial charge in [0.1, 0.15) is 5.75 Å². The molecular formula is C16H25N3O. The highest BCUT2D eigenvalue weighted by Gasteiger charge is 2.29. The first kappa shape index (κ1) is 13.6. The summed E-state index contributed by atoms with van der Waals surface area (Å²) < 4.78 is 5.60. The van der Waals surface area contributed by atoms with Crippen LogP contribution in [0.5, 0.6) is 5.75 Å². The van der Waals surface area contributed by atoms with Crippen LogP contribution in [0, 0.1) is 0 Å². The highest BCUT2D eigenvalue weighted by atomic mass is 16.5. The van der Waals surface area contributed by atoms with Crippen molar-refractivity contribution in [2.75, 3.05) is 43.4 Å². The fourth-order valence-electron chi connectivity index (χ4n) is 3.42. The van der Waals surface area contributed by atoms with Gasteiger partial charge in [0.05, 0.1) is 6.61 Å². The van der Waals surface area contributed by atoms with Crippen LogP contribution < -0.4 is 15.4 Å². The fourth-order valence-corrected chi connectivity index (χ4v) is 3.42.